The molecule has 2 aliphatic heterocycles. The number of carbonyl (C=O) groups excluding carboxylic acids is 1. The van der Waals surface area contributed by atoms with Gasteiger partial charge < -0.3 is 10.1 Å². The summed E-state index contributed by atoms with van der Waals surface area (Å²) in [6, 6.07) is 18.6. The maximum absolute atomic E-state index is 12.6. The van der Waals surface area contributed by atoms with Crippen LogP contribution in [0.4, 0.5) is 5.69 Å². The minimum Gasteiger partial charge on any atom is -0.489 e. The smallest absolute Gasteiger partial charge is 0.265 e. The number of nitrogens with two attached hydrogens (primary N) is 1. The number of carbonyl (C=O) groups is 1. The molecule has 3 aromatic rings. The molecule has 0 radical (unpaired) electrons. The molecule has 1 atom stereocenters. The number of nitrogens with one attached hydrogen (secondary N) is 1. The molecule has 3 heterocycles. The Balaban J connectivity index is 1.22. The molecule has 0 spiro atoms. The average molecular weight is 488 g/mol. The van der Waals surface area contributed by atoms with E-state index in [0.29, 0.717) is 22.8 Å². The molecule has 1 aliphatic carbocycles. The van der Waals surface area contributed by atoms with Crippen LogP contribution in [-0.4, -0.2) is 27.5 Å². The molecule has 1 unspecified atom stereocenters. The quantitative estimate of drug-likeness (QED) is 0.375. The molecule has 1 amide bonds. The fourth-order valence-corrected chi connectivity index (χ4v) is 4.29. The molecule has 0 saturated carbocycles. The van der Waals surface area contributed by atoms with Gasteiger partial charge in [-0.2, -0.15) is 10.8 Å². The fraction of sp³-hybridized carbons (Fsp3) is 0.0345. The van der Waals surface area contributed by atoms with Gasteiger partial charge in [-0.1, -0.05) is 42.5 Å². The van der Waals surface area contributed by atoms with E-state index < -0.39 is 0 Å². The number of aromatic nitrogens is 1. The molecule has 0 fully saturated rings. The van der Waals surface area contributed by atoms with Crippen LogP contribution in [0.1, 0.15) is 21.5 Å². The number of fused-ring (bicyclic) bond motifs is 1. The maximum atomic E-state index is 12.6. The van der Waals surface area contributed by atoms with Crippen LogP contribution in [0.25, 0.3) is 0 Å². The van der Waals surface area contributed by atoms with Gasteiger partial charge in [0, 0.05) is 34.8 Å². The van der Waals surface area contributed by atoms with Crippen LogP contribution < -0.4 is 15.9 Å². The summed E-state index contributed by atoms with van der Waals surface area (Å²) in [6.07, 6.45) is 14.4. The van der Waals surface area contributed by atoms with E-state index in [1.165, 1.54) is 0 Å². The summed E-state index contributed by atoms with van der Waals surface area (Å²) < 4.78 is 6.09. The number of para-hydroxylation sites is 1. The lowest BCUT2D eigenvalue weighted by atomic mass is 10.0. The number of amides is 1. The normalized spacial score (nSPS) is 19.2. The van der Waals surface area contributed by atoms with E-state index in [-0.39, 0.29) is 17.1 Å². The first-order chi connectivity index (χ1) is 18.1. The molecule has 2 aromatic carbocycles. The van der Waals surface area contributed by atoms with Crippen LogP contribution in [0.2, 0.25) is 0 Å². The van der Waals surface area contributed by atoms with Crippen molar-refractivity contribution in [3.63, 3.8) is 0 Å². The number of pyridine rings is 1. The number of rotatable bonds is 7. The van der Waals surface area contributed by atoms with E-state index in [9.17, 15) is 4.79 Å². The van der Waals surface area contributed by atoms with Gasteiger partial charge in [0.25, 0.3) is 11.7 Å². The molecule has 0 saturated heterocycles. The van der Waals surface area contributed by atoms with Gasteiger partial charge in [0.15, 0.2) is 0 Å². The summed E-state index contributed by atoms with van der Waals surface area (Å²) in [5.74, 6) is 7.95. The Morgan fingerprint density at radius 2 is 1.89 bits per heavy atom. The lowest BCUT2D eigenvalue weighted by Crippen LogP contribution is -2.53. The van der Waals surface area contributed by atoms with E-state index in [1.54, 1.807) is 36.9 Å². The van der Waals surface area contributed by atoms with E-state index in [4.69, 9.17) is 15.6 Å². The lowest BCUT2D eigenvalue weighted by molar-refractivity contribution is -0.750. The highest BCUT2D eigenvalue weighted by Gasteiger charge is 2.44. The first-order valence-corrected chi connectivity index (χ1v) is 11.8. The number of benzene rings is 2. The molecule has 1 aromatic heterocycles. The van der Waals surface area contributed by atoms with Crippen molar-refractivity contribution >= 4 is 23.6 Å². The maximum Gasteiger partial charge on any atom is 0.265 e. The summed E-state index contributed by atoms with van der Waals surface area (Å²) >= 11 is 0. The van der Waals surface area contributed by atoms with Crippen LogP contribution in [0, 0.1) is 0 Å². The summed E-state index contributed by atoms with van der Waals surface area (Å²) in [4.78, 5) is 25.8. The van der Waals surface area contributed by atoms with Gasteiger partial charge in [-0.3, -0.25) is 14.8 Å². The molecule has 0 bridgehead atoms. The molecule has 6 rings (SSSR count). The van der Waals surface area contributed by atoms with Crippen molar-refractivity contribution in [2.24, 2.45) is 15.8 Å². The van der Waals surface area contributed by atoms with Crippen LogP contribution in [0.3, 0.4) is 0 Å². The van der Waals surface area contributed by atoms with Crippen LogP contribution in [-0.2, 0) is 6.61 Å². The zero-order valence-corrected chi connectivity index (χ0v) is 19.8. The van der Waals surface area contributed by atoms with Gasteiger partial charge in [-0.05, 0) is 36.4 Å². The van der Waals surface area contributed by atoms with E-state index in [0.717, 1.165) is 28.1 Å². The minimum atomic E-state index is -0.207. The number of amidine groups is 1. The van der Waals surface area contributed by atoms with Crippen LogP contribution in [0.5, 0.6) is 5.75 Å². The average Bonchev–Trinajstić information content (AvgIpc) is 3.20. The van der Waals surface area contributed by atoms with Crippen molar-refractivity contribution < 1.29 is 14.1 Å². The Bertz CT molecular complexity index is 1580. The van der Waals surface area contributed by atoms with Crippen molar-refractivity contribution in [3.05, 3.63) is 137 Å². The Morgan fingerprint density at radius 3 is 2.70 bits per heavy atom. The van der Waals surface area contributed by atoms with E-state index >= 15 is 0 Å². The predicted molar refractivity (Wildman–Crippen MR) is 142 cm³/mol. The van der Waals surface area contributed by atoms with Crippen molar-refractivity contribution in [2.45, 2.75) is 6.61 Å². The fourth-order valence-electron chi connectivity index (χ4n) is 4.29. The highest BCUT2D eigenvalue weighted by Crippen LogP contribution is 2.36. The second-order valence-electron chi connectivity index (χ2n) is 8.67. The summed E-state index contributed by atoms with van der Waals surface area (Å²) in [5.41, 5.74) is 5.57. The number of hydrogen-bond donors (Lipinski definition) is 2. The molecule has 3 N–H and O–H groups in total. The SMILES string of the molecule is N[N+]12C=CN=CC1=C(C1=CC=C1)N=C2c1cccc(OCc2ccccc2NC(=O)c2ccncc2)c1. The van der Waals surface area contributed by atoms with Gasteiger partial charge in [-0.15, -0.1) is 4.59 Å². The Labute approximate surface area is 213 Å². The zero-order valence-electron chi connectivity index (χ0n) is 19.8. The molecular formula is C29H23N6O2+. The van der Waals surface area contributed by atoms with E-state index in [1.807, 2.05) is 73.0 Å². The molecule has 8 nitrogen and oxygen atoms in total. The molecule has 37 heavy (non-hydrogen) atoms. The third kappa shape index (κ3) is 4.20. The number of anilines is 1. The van der Waals surface area contributed by atoms with Crippen molar-refractivity contribution in [1.82, 2.24) is 4.98 Å². The summed E-state index contributed by atoms with van der Waals surface area (Å²) in [7, 11) is 0. The Hall–Kier alpha value is -4.92. The highest BCUT2D eigenvalue weighted by molar-refractivity contribution is 6.04. The van der Waals surface area contributed by atoms with Crippen LogP contribution >= 0.6 is 0 Å². The molecular weight excluding hydrogens is 464 g/mol. The summed E-state index contributed by atoms with van der Waals surface area (Å²) in [6.45, 7) is 0.268. The highest BCUT2D eigenvalue weighted by atomic mass is 16.5. The third-order valence-electron chi connectivity index (χ3n) is 6.31. The monoisotopic (exact) mass is 487 g/mol. The van der Waals surface area contributed by atoms with Gasteiger partial charge >= 0.3 is 0 Å². The van der Waals surface area contributed by atoms with E-state index in [2.05, 4.69) is 15.3 Å². The van der Waals surface area contributed by atoms with Crippen molar-refractivity contribution in [1.29, 1.82) is 0 Å². The number of allylic oxidation sites excluding steroid dienone is 4. The van der Waals surface area contributed by atoms with Crippen molar-refractivity contribution in [3.8, 4) is 5.75 Å². The second-order valence-corrected chi connectivity index (χ2v) is 8.67. The van der Waals surface area contributed by atoms with Crippen LogP contribution in [0.15, 0.2) is 131 Å². The molecule has 8 heteroatoms. The number of aliphatic imine (C=N–C) groups is 2. The Morgan fingerprint density at radius 1 is 1.05 bits per heavy atom. The predicted octanol–water partition coefficient (Wildman–Crippen LogP) is 4.63. The standard InChI is InChI=1S/C29H22N6O2/c30-35-16-15-32-18-26(35)27(20-6-3-7-20)34-28(35)22-8-4-9-24(17-22)37-19-23-5-1-2-10-25(23)33-29(36)21-11-13-31-14-12-21/h1-18H,19,30H2/p+1. The number of ether oxygens (including phenoxy) is 1. The molecule has 180 valence electrons. The zero-order chi connectivity index (χ0) is 25.2. The van der Waals surface area contributed by atoms with Crippen molar-refractivity contribution in [2.75, 3.05) is 5.32 Å². The van der Waals surface area contributed by atoms with Gasteiger partial charge in [0.2, 0.25) is 5.70 Å². The van der Waals surface area contributed by atoms with Gasteiger partial charge in [0.1, 0.15) is 24.3 Å². The first-order valence-electron chi connectivity index (χ1n) is 11.8. The third-order valence-corrected chi connectivity index (χ3v) is 6.31. The number of quaternary nitrogens is 1. The van der Waals surface area contributed by atoms with Gasteiger partial charge in [-0.25, -0.2) is 0 Å². The minimum absolute atomic E-state index is 0.0582. The summed E-state index contributed by atoms with van der Waals surface area (Å²) in [5, 5.41) is 2.96. The lowest BCUT2D eigenvalue weighted by Gasteiger charge is -2.26. The Kier molecular flexibility index (Phi) is 5.65. The second kappa shape index (κ2) is 9.27. The number of hydrogen-bond acceptors (Lipinski definition) is 6. The van der Waals surface area contributed by atoms with Gasteiger partial charge in [0.05, 0.1) is 18.0 Å². The first kappa shape index (κ1) is 22.5. The largest absolute Gasteiger partial charge is 0.489 e. The molecule has 3 aliphatic rings. The topological polar surface area (TPSA) is 102 Å². The number of nitrogens with zero attached hydrogens (tertiary/aromatic N) is 4.